The number of hydrogen-bond donors (Lipinski definition) is 1. The van der Waals surface area contributed by atoms with E-state index >= 15 is 0 Å². The zero-order valence-electron chi connectivity index (χ0n) is 9.54. The van der Waals surface area contributed by atoms with Crippen LogP contribution in [0.2, 0.25) is 0 Å². The summed E-state index contributed by atoms with van der Waals surface area (Å²) in [6.45, 7) is 0. The highest BCUT2D eigenvalue weighted by atomic mass is 32.1. The van der Waals surface area contributed by atoms with Crippen LogP contribution in [0.15, 0.2) is 30.3 Å². The van der Waals surface area contributed by atoms with Gasteiger partial charge in [0.2, 0.25) is 0 Å². The lowest BCUT2D eigenvalue weighted by atomic mass is 9.95. The Morgan fingerprint density at radius 3 is 2.59 bits per heavy atom. The van der Waals surface area contributed by atoms with Crippen molar-refractivity contribution in [1.29, 1.82) is 0 Å². The molecule has 2 rings (SSSR count). The van der Waals surface area contributed by atoms with Crippen LogP contribution < -0.4 is 0 Å². The SMILES string of the molecule is O=S=C(O[C@@H]1CCCC[C@H]1O)c1ccccc1. The monoisotopic (exact) mass is 252 g/mol. The molecule has 0 spiro atoms. The van der Waals surface area contributed by atoms with E-state index in [-0.39, 0.29) is 6.10 Å². The summed E-state index contributed by atoms with van der Waals surface area (Å²) in [5.41, 5.74) is 0.783. The fourth-order valence-electron chi connectivity index (χ4n) is 2.06. The zero-order valence-corrected chi connectivity index (χ0v) is 10.4. The van der Waals surface area contributed by atoms with E-state index in [0.29, 0.717) is 16.3 Å². The molecule has 0 aromatic heterocycles. The molecular formula is C13H16O3S. The van der Waals surface area contributed by atoms with Crippen molar-refractivity contribution < 1.29 is 14.1 Å². The molecule has 0 aliphatic heterocycles. The highest BCUT2D eigenvalue weighted by Crippen LogP contribution is 2.22. The number of aliphatic hydroxyl groups is 1. The topological polar surface area (TPSA) is 46.5 Å². The number of aliphatic hydroxyl groups excluding tert-OH is 1. The van der Waals surface area contributed by atoms with E-state index in [1.54, 1.807) is 0 Å². The second-order valence-corrected chi connectivity index (χ2v) is 4.78. The zero-order chi connectivity index (χ0) is 12.1. The van der Waals surface area contributed by atoms with Crippen LogP contribution in [0.25, 0.3) is 0 Å². The van der Waals surface area contributed by atoms with Gasteiger partial charge in [0.25, 0.3) is 0 Å². The van der Waals surface area contributed by atoms with Gasteiger partial charge in [0.1, 0.15) is 11.3 Å². The third-order valence-electron chi connectivity index (χ3n) is 3.01. The van der Waals surface area contributed by atoms with Gasteiger partial charge in [0.05, 0.1) is 12.2 Å². The third kappa shape index (κ3) is 3.25. The second-order valence-electron chi connectivity index (χ2n) is 4.24. The Morgan fingerprint density at radius 2 is 1.94 bits per heavy atom. The Kier molecular flexibility index (Phi) is 4.48. The first-order chi connectivity index (χ1) is 8.31. The highest BCUT2D eigenvalue weighted by molar-refractivity contribution is 7.66. The van der Waals surface area contributed by atoms with Crippen LogP contribution >= 0.6 is 0 Å². The number of benzene rings is 1. The Labute approximate surface area is 104 Å². The average molecular weight is 252 g/mol. The molecule has 1 N–H and O–H groups in total. The summed E-state index contributed by atoms with van der Waals surface area (Å²) < 4.78 is 16.7. The number of rotatable bonds is 2. The molecule has 1 aromatic carbocycles. The maximum atomic E-state index is 11.1. The van der Waals surface area contributed by atoms with E-state index in [2.05, 4.69) is 0 Å². The van der Waals surface area contributed by atoms with Crippen molar-refractivity contribution in [1.82, 2.24) is 0 Å². The Morgan fingerprint density at radius 1 is 1.24 bits per heavy atom. The summed E-state index contributed by atoms with van der Waals surface area (Å²) in [4.78, 5) is 0. The van der Waals surface area contributed by atoms with Crippen LogP contribution in [-0.2, 0) is 16.0 Å². The fourth-order valence-corrected chi connectivity index (χ4v) is 2.46. The molecule has 0 saturated heterocycles. The van der Waals surface area contributed by atoms with Crippen molar-refractivity contribution in [2.24, 2.45) is 0 Å². The first-order valence-corrected chi connectivity index (χ1v) is 6.62. The maximum absolute atomic E-state index is 11.1. The van der Waals surface area contributed by atoms with Gasteiger partial charge in [-0.25, -0.2) is 4.21 Å². The third-order valence-corrected chi connectivity index (χ3v) is 3.49. The minimum atomic E-state index is -0.449. The molecule has 0 amide bonds. The first-order valence-electron chi connectivity index (χ1n) is 5.88. The van der Waals surface area contributed by atoms with Gasteiger partial charge in [-0.15, -0.1) is 0 Å². The molecule has 1 aliphatic rings. The average Bonchev–Trinajstić information content (AvgIpc) is 2.39. The quantitative estimate of drug-likeness (QED) is 0.815. The maximum Gasteiger partial charge on any atom is 0.177 e. The van der Waals surface area contributed by atoms with Crippen molar-refractivity contribution in [3.63, 3.8) is 0 Å². The van der Waals surface area contributed by atoms with Crippen molar-refractivity contribution >= 4 is 16.3 Å². The van der Waals surface area contributed by atoms with Crippen molar-refractivity contribution in [2.75, 3.05) is 0 Å². The molecule has 0 radical (unpaired) electrons. The molecule has 1 aromatic rings. The van der Waals surface area contributed by atoms with Gasteiger partial charge in [-0.3, -0.25) is 0 Å². The second kappa shape index (κ2) is 6.10. The smallest absolute Gasteiger partial charge is 0.177 e. The lowest BCUT2D eigenvalue weighted by Crippen LogP contribution is -2.34. The standard InChI is InChI=1S/C13H16O3S/c14-11-8-4-5-9-12(11)16-13(17-15)10-6-2-1-3-7-10/h1-3,6-7,11-12,14H,4-5,8-9H2/t11-,12-/m1/s1. The number of ether oxygens (including phenoxy) is 1. The molecule has 3 nitrogen and oxygen atoms in total. The van der Waals surface area contributed by atoms with Crippen LogP contribution in [0.5, 0.6) is 0 Å². The molecule has 0 heterocycles. The summed E-state index contributed by atoms with van der Waals surface area (Å²) in [7, 11) is 0. The van der Waals surface area contributed by atoms with E-state index in [4.69, 9.17) is 4.74 Å². The predicted molar refractivity (Wildman–Crippen MR) is 68.0 cm³/mol. The Bertz CT molecular complexity index is 412. The minimum Gasteiger partial charge on any atom is -0.390 e. The lowest BCUT2D eigenvalue weighted by Gasteiger charge is -2.27. The minimum absolute atomic E-state index is 0.236. The number of hydrogen-bond acceptors (Lipinski definition) is 3. The van der Waals surface area contributed by atoms with Crippen LogP contribution in [0, 0.1) is 0 Å². The fraction of sp³-hybridized carbons (Fsp3) is 0.462. The summed E-state index contributed by atoms with van der Waals surface area (Å²) >= 11 is 0.352. The molecule has 1 fully saturated rings. The Balaban J connectivity index is 2.08. The van der Waals surface area contributed by atoms with E-state index in [0.717, 1.165) is 31.2 Å². The predicted octanol–water partition coefficient (Wildman–Crippen LogP) is 1.70. The molecule has 17 heavy (non-hydrogen) atoms. The summed E-state index contributed by atoms with van der Waals surface area (Å²) in [6.07, 6.45) is 2.98. The first kappa shape index (κ1) is 12.5. The normalized spacial score (nSPS) is 24.3. The largest absolute Gasteiger partial charge is 0.390 e. The molecule has 92 valence electrons. The molecule has 0 bridgehead atoms. The van der Waals surface area contributed by atoms with Gasteiger partial charge in [-0.05, 0) is 12.8 Å². The van der Waals surface area contributed by atoms with E-state index in [1.807, 2.05) is 30.3 Å². The molecule has 4 heteroatoms. The van der Waals surface area contributed by atoms with Gasteiger partial charge in [-0.2, -0.15) is 0 Å². The van der Waals surface area contributed by atoms with E-state index < -0.39 is 6.10 Å². The van der Waals surface area contributed by atoms with Crippen molar-refractivity contribution in [2.45, 2.75) is 37.9 Å². The van der Waals surface area contributed by atoms with Crippen LogP contribution in [0.4, 0.5) is 0 Å². The van der Waals surface area contributed by atoms with Crippen LogP contribution in [0.3, 0.4) is 0 Å². The van der Waals surface area contributed by atoms with Crippen LogP contribution in [-0.4, -0.2) is 26.6 Å². The summed E-state index contributed by atoms with van der Waals surface area (Å²) in [6, 6.07) is 9.31. The van der Waals surface area contributed by atoms with Crippen molar-refractivity contribution in [3.05, 3.63) is 35.9 Å². The van der Waals surface area contributed by atoms with E-state index in [1.165, 1.54) is 0 Å². The molecule has 0 unspecified atom stereocenters. The summed E-state index contributed by atoms with van der Waals surface area (Å²) in [5.74, 6) is 0. The van der Waals surface area contributed by atoms with Gasteiger partial charge < -0.3 is 9.84 Å². The van der Waals surface area contributed by atoms with Crippen LogP contribution in [0.1, 0.15) is 31.2 Å². The summed E-state index contributed by atoms with van der Waals surface area (Å²) in [5, 5.41) is 10.2. The molecule has 2 atom stereocenters. The molecule has 1 saturated carbocycles. The molecular weight excluding hydrogens is 236 g/mol. The van der Waals surface area contributed by atoms with Gasteiger partial charge in [-0.1, -0.05) is 43.2 Å². The van der Waals surface area contributed by atoms with Crippen molar-refractivity contribution in [3.8, 4) is 0 Å². The van der Waals surface area contributed by atoms with E-state index in [9.17, 15) is 9.32 Å². The molecule has 1 aliphatic carbocycles. The van der Waals surface area contributed by atoms with Gasteiger partial charge in [0.15, 0.2) is 5.05 Å². The van der Waals surface area contributed by atoms with Gasteiger partial charge in [0, 0.05) is 5.56 Å². The van der Waals surface area contributed by atoms with Gasteiger partial charge >= 0.3 is 0 Å². The lowest BCUT2D eigenvalue weighted by molar-refractivity contribution is 0.00204. The highest BCUT2D eigenvalue weighted by Gasteiger charge is 2.25. The Hall–Kier alpha value is -0.970.